The minimum absolute atomic E-state index is 0.198. The number of rotatable bonds is 4. The van der Waals surface area contributed by atoms with Gasteiger partial charge in [0.2, 0.25) is 5.78 Å². The van der Waals surface area contributed by atoms with Crippen LogP contribution < -0.4 is 0 Å². The summed E-state index contributed by atoms with van der Waals surface area (Å²) in [7, 11) is 0. The molecule has 0 aromatic rings. The summed E-state index contributed by atoms with van der Waals surface area (Å²) in [5.41, 5.74) is 1.28. The molecule has 170 valence electrons. The van der Waals surface area contributed by atoms with Crippen LogP contribution >= 0.6 is 0 Å². The minimum atomic E-state index is -4.69. The molecule has 1 N–H and O–H groups in total. The van der Waals surface area contributed by atoms with Gasteiger partial charge >= 0.3 is 6.18 Å². The number of allylic oxidation sites excluding steroid dienone is 1. The molecule has 4 aliphatic rings. The van der Waals surface area contributed by atoms with Crippen LogP contribution in [0.25, 0.3) is 0 Å². The first kappa shape index (κ1) is 22.4. The summed E-state index contributed by atoms with van der Waals surface area (Å²) in [6.45, 7) is 6.76. The van der Waals surface area contributed by atoms with E-state index in [1.54, 1.807) is 0 Å². The number of halogens is 3. The average Bonchev–Trinajstić information content (AvgIpc) is 2.98. The quantitative estimate of drug-likeness (QED) is 0.513. The van der Waals surface area contributed by atoms with Crippen LogP contribution in [0.2, 0.25) is 0 Å². The summed E-state index contributed by atoms with van der Waals surface area (Å²) in [6.07, 6.45) is 6.88. The van der Waals surface area contributed by atoms with E-state index in [0.29, 0.717) is 30.1 Å². The minimum Gasteiger partial charge on any atom is -0.390 e. The fourth-order valence-corrected chi connectivity index (χ4v) is 8.04. The Morgan fingerprint density at radius 3 is 2.53 bits per heavy atom. The summed E-state index contributed by atoms with van der Waals surface area (Å²) >= 11 is 0. The van der Waals surface area contributed by atoms with E-state index in [4.69, 9.17) is 0 Å². The van der Waals surface area contributed by atoms with E-state index in [0.717, 1.165) is 44.9 Å². The van der Waals surface area contributed by atoms with E-state index in [2.05, 4.69) is 19.9 Å². The lowest BCUT2D eigenvalue weighted by Gasteiger charge is -2.59. The molecular formula is C25H37F3O2. The average molecular weight is 427 g/mol. The highest BCUT2D eigenvalue weighted by Crippen LogP contribution is 2.67. The van der Waals surface area contributed by atoms with Crippen molar-refractivity contribution in [1.29, 1.82) is 0 Å². The molecule has 3 unspecified atom stereocenters. The highest BCUT2D eigenvalue weighted by molar-refractivity contribution is 5.83. The van der Waals surface area contributed by atoms with Crippen molar-refractivity contribution < 1.29 is 23.1 Å². The van der Waals surface area contributed by atoms with Crippen molar-refractivity contribution in [3.63, 3.8) is 0 Å². The highest BCUT2D eigenvalue weighted by Gasteiger charge is 2.58. The lowest BCUT2D eigenvalue weighted by atomic mass is 9.46. The second kappa shape index (κ2) is 7.35. The largest absolute Gasteiger partial charge is 0.449 e. The van der Waals surface area contributed by atoms with Crippen LogP contribution in [0.5, 0.6) is 0 Å². The van der Waals surface area contributed by atoms with Gasteiger partial charge in [-0.15, -0.1) is 0 Å². The molecule has 0 aromatic carbocycles. The number of carbonyl (C=O) groups excluding carboxylic acids is 1. The van der Waals surface area contributed by atoms with Crippen LogP contribution in [-0.2, 0) is 4.79 Å². The van der Waals surface area contributed by atoms with Crippen molar-refractivity contribution in [2.75, 3.05) is 0 Å². The molecule has 0 saturated heterocycles. The molecule has 4 rings (SSSR count). The lowest BCUT2D eigenvalue weighted by molar-refractivity contribution is -0.171. The van der Waals surface area contributed by atoms with Gasteiger partial charge in [0.05, 0.1) is 5.60 Å². The molecule has 0 amide bonds. The van der Waals surface area contributed by atoms with Gasteiger partial charge in [-0.25, -0.2) is 0 Å². The number of carbonyl (C=O) groups is 1. The molecule has 2 nitrogen and oxygen atoms in total. The SMILES string of the molecule is C[C@]1(O)CC[C@@]2(C)C(=CCC3C2CC[C@@]2(C)C3CC[C@@H]2CCCC(=O)C(F)(F)F)C1. The second-order valence-electron chi connectivity index (χ2n) is 11.6. The van der Waals surface area contributed by atoms with Crippen LogP contribution in [0.15, 0.2) is 11.6 Å². The van der Waals surface area contributed by atoms with Crippen LogP contribution in [0, 0.1) is 34.5 Å². The van der Waals surface area contributed by atoms with Gasteiger partial charge < -0.3 is 5.11 Å². The molecule has 0 heterocycles. The van der Waals surface area contributed by atoms with E-state index in [-0.39, 0.29) is 17.3 Å². The monoisotopic (exact) mass is 426 g/mol. The molecule has 3 fully saturated rings. The third-order valence-electron chi connectivity index (χ3n) is 9.85. The molecule has 0 spiro atoms. The Hall–Kier alpha value is -0.840. The van der Waals surface area contributed by atoms with Crippen LogP contribution in [0.1, 0.15) is 91.4 Å². The molecule has 7 atom stereocenters. The van der Waals surface area contributed by atoms with Crippen molar-refractivity contribution >= 4 is 5.78 Å². The molecular weight excluding hydrogens is 389 g/mol. The summed E-state index contributed by atoms with van der Waals surface area (Å²) < 4.78 is 37.6. The van der Waals surface area contributed by atoms with Crippen molar-refractivity contribution in [2.24, 2.45) is 34.5 Å². The summed E-state index contributed by atoms with van der Waals surface area (Å²) in [4.78, 5) is 11.3. The first-order valence-electron chi connectivity index (χ1n) is 11.9. The zero-order valence-electron chi connectivity index (χ0n) is 18.7. The van der Waals surface area contributed by atoms with E-state index in [1.165, 1.54) is 18.4 Å². The molecule has 4 aliphatic carbocycles. The third-order valence-corrected chi connectivity index (χ3v) is 9.85. The highest BCUT2D eigenvalue weighted by atomic mass is 19.4. The number of alkyl halides is 3. The zero-order valence-corrected chi connectivity index (χ0v) is 18.7. The fourth-order valence-electron chi connectivity index (χ4n) is 8.04. The maximum absolute atomic E-state index is 12.5. The smallest absolute Gasteiger partial charge is 0.390 e. The number of ketones is 1. The van der Waals surface area contributed by atoms with Gasteiger partial charge in [-0.2, -0.15) is 13.2 Å². The molecule has 30 heavy (non-hydrogen) atoms. The standard InChI is InChI=1S/C25H37F3O2/c1-22(30)13-14-24(3)17(15-22)7-9-18-19-10-8-16(23(19,2)12-11-20(18)24)5-4-6-21(29)25(26,27)28/h7,16,18-20,30H,4-6,8-15H2,1-3H3/t16-,18?,19?,20?,22-,23+,24-/m0/s1. The normalized spacial score (nSPS) is 45.9. The molecule has 3 saturated carbocycles. The summed E-state index contributed by atoms with van der Waals surface area (Å²) in [5.74, 6) is 0.822. The van der Waals surface area contributed by atoms with Crippen LogP contribution in [-0.4, -0.2) is 22.7 Å². The first-order valence-corrected chi connectivity index (χ1v) is 11.9. The van der Waals surface area contributed by atoms with Gasteiger partial charge in [-0.05, 0) is 106 Å². The molecule has 0 bridgehead atoms. The predicted molar refractivity (Wildman–Crippen MR) is 111 cm³/mol. The number of aliphatic hydroxyl groups is 1. The lowest BCUT2D eigenvalue weighted by Crippen LogP contribution is -2.51. The van der Waals surface area contributed by atoms with E-state index >= 15 is 0 Å². The predicted octanol–water partition coefficient (Wildman–Crippen LogP) is 6.62. The van der Waals surface area contributed by atoms with Gasteiger partial charge in [-0.1, -0.05) is 25.5 Å². The third kappa shape index (κ3) is 3.67. The number of fused-ring (bicyclic) bond motifs is 5. The first-order chi connectivity index (χ1) is 13.9. The van der Waals surface area contributed by atoms with Gasteiger partial charge in [0.15, 0.2) is 0 Å². The Balaban J connectivity index is 1.45. The van der Waals surface area contributed by atoms with Crippen molar-refractivity contribution in [1.82, 2.24) is 0 Å². The number of hydrogen-bond acceptors (Lipinski definition) is 2. The van der Waals surface area contributed by atoms with Gasteiger partial charge in [0.1, 0.15) is 0 Å². The van der Waals surface area contributed by atoms with Crippen molar-refractivity contribution in [3.05, 3.63) is 11.6 Å². The Labute approximate surface area is 178 Å². The Bertz CT molecular complexity index is 724. The second-order valence-corrected chi connectivity index (χ2v) is 11.6. The van der Waals surface area contributed by atoms with E-state index < -0.39 is 17.6 Å². The van der Waals surface area contributed by atoms with Gasteiger partial charge in [-0.3, -0.25) is 4.79 Å². The summed E-state index contributed by atoms with van der Waals surface area (Å²) in [5, 5.41) is 10.6. The number of hydrogen-bond donors (Lipinski definition) is 1. The molecule has 0 aliphatic heterocycles. The maximum Gasteiger partial charge on any atom is 0.449 e. The van der Waals surface area contributed by atoms with Crippen molar-refractivity contribution in [2.45, 2.75) is 103 Å². The van der Waals surface area contributed by atoms with Gasteiger partial charge in [0.25, 0.3) is 0 Å². The topological polar surface area (TPSA) is 37.3 Å². The summed E-state index contributed by atoms with van der Waals surface area (Å²) in [6, 6.07) is 0. The van der Waals surface area contributed by atoms with E-state index in [9.17, 15) is 23.1 Å². The zero-order chi connectivity index (χ0) is 21.9. The van der Waals surface area contributed by atoms with Gasteiger partial charge in [0, 0.05) is 6.42 Å². The Kier molecular flexibility index (Phi) is 5.48. The molecule has 0 radical (unpaired) electrons. The van der Waals surface area contributed by atoms with Crippen molar-refractivity contribution in [3.8, 4) is 0 Å². The van der Waals surface area contributed by atoms with Crippen LogP contribution in [0.3, 0.4) is 0 Å². The Morgan fingerprint density at radius 2 is 1.83 bits per heavy atom. The Morgan fingerprint density at radius 1 is 1.10 bits per heavy atom. The molecule has 0 aromatic heterocycles. The fraction of sp³-hybridized carbons (Fsp3) is 0.880. The maximum atomic E-state index is 12.5. The molecule has 5 heteroatoms. The van der Waals surface area contributed by atoms with Crippen LogP contribution in [0.4, 0.5) is 13.2 Å². The van der Waals surface area contributed by atoms with E-state index in [1.807, 2.05) is 6.92 Å². The number of Topliss-reactive ketones (excluding diaryl/α,β-unsaturated/α-hetero) is 1.